The van der Waals surface area contributed by atoms with E-state index in [9.17, 15) is 9.59 Å². The summed E-state index contributed by atoms with van der Waals surface area (Å²) in [5.74, 6) is 0.970. The van der Waals surface area contributed by atoms with Crippen LogP contribution in [0.5, 0.6) is 0 Å². The molecule has 146 valence electrons. The van der Waals surface area contributed by atoms with Crippen LogP contribution in [0, 0.1) is 0 Å². The van der Waals surface area contributed by atoms with Crippen LogP contribution in [0.25, 0.3) is 0 Å². The second kappa shape index (κ2) is 11.0. The Morgan fingerprint density at radius 2 is 1.85 bits per heavy atom. The Hall–Kier alpha value is -2.02. The minimum Gasteiger partial charge on any atom is -0.469 e. The first kappa shape index (κ1) is 23.0. The Bertz CT molecular complexity index is 754. The lowest BCUT2D eigenvalue weighted by atomic mass is 9.92. The minimum absolute atomic E-state index is 0. The minimum atomic E-state index is -1.12. The molecule has 1 unspecified atom stereocenters. The highest BCUT2D eigenvalue weighted by Crippen LogP contribution is 2.22. The van der Waals surface area contributed by atoms with E-state index in [2.05, 4.69) is 10.1 Å². The number of hydrogen-bond donors (Lipinski definition) is 2. The van der Waals surface area contributed by atoms with Crippen molar-refractivity contribution in [2.75, 3.05) is 18.2 Å². The van der Waals surface area contributed by atoms with Gasteiger partial charge in [0, 0.05) is 17.2 Å². The quantitative estimate of drug-likeness (QED) is 0.514. The molecular weight excluding hydrogens is 384 g/mol. The zero-order valence-electron chi connectivity index (χ0n) is 15.4. The molecule has 3 N–H and O–H groups in total. The highest BCUT2D eigenvalue weighted by molar-refractivity contribution is 7.98. The number of ether oxygens (including phenoxy) is 1. The monoisotopic (exact) mass is 408 g/mol. The number of methoxy groups -OCH3 is 1. The Morgan fingerprint density at radius 1 is 1.15 bits per heavy atom. The van der Waals surface area contributed by atoms with Gasteiger partial charge in [0.15, 0.2) is 0 Å². The third-order valence-corrected chi connectivity index (χ3v) is 5.01. The van der Waals surface area contributed by atoms with Gasteiger partial charge in [0.1, 0.15) is 5.54 Å². The molecule has 0 aromatic heterocycles. The van der Waals surface area contributed by atoms with E-state index in [4.69, 9.17) is 5.73 Å². The van der Waals surface area contributed by atoms with Crippen molar-refractivity contribution in [3.8, 4) is 0 Å². The van der Waals surface area contributed by atoms with Crippen molar-refractivity contribution >= 4 is 41.7 Å². The van der Waals surface area contributed by atoms with Gasteiger partial charge in [-0.15, -0.1) is 12.4 Å². The number of hydrogen-bond acceptors (Lipinski definition) is 5. The van der Waals surface area contributed by atoms with Gasteiger partial charge in [0.25, 0.3) is 0 Å². The molecule has 0 heterocycles. The number of thioether (sulfide) groups is 1. The van der Waals surface area contributed by atoms with E-state index < -0.39 is 5.54 Å². The summed E-state index contributed by atoms with van der Waals surface area (Å²) in [5.41, 5.74) is 7.65. The lowest BCUT2D eigenvalue weighted by Crippen LogP contribution is -2.45. The van der Waals surface area contributed by atoms with Crippen molar-refractivity contribution in [3.05, 3.63) is 65.7 Å². The van der Waals surface area contributed by atoms with Gasteiger partial charge in [-0.1, -0.05) is 42.5 Å². The summed E-state index contributed by atoms with van der Waals surface area (Å²) >= 11 is 1.64. The molecular formula is C20H25ClN2O3S. The Kier molecular flexibility index (Phi) is 9.35. The first-order valence-corrected chi connectivity index (χ1v) is 9.48. The molecule has 2 aromatic carbocycles. The van der Waals surface area contributed by atoms with Crippen LogP contribution < -0.4 is 11.1 Å². The lowest BCUT2D eigenvalue weighted by Gasteiger charge is -2.24. The molecule has 0 aliphatic carbocycles. The molecule has 7 heteroatoms. The van der Waals surface area contributed by atoms with E-state index in [0.29, 0.717) is 17.9 Å². The zero-order chi connectivity index (χ0) is 19.0. The van der Waals surface area contributed by atoms with Crippen LogP contribution in [-0.2, 0) is 25.6 Å². The average molecular weight is 409 g/mol. The van der Waals surface area contributed by atoms with Gasteiger partial charge in [-0.2, -0.15) is 11.8 Å². The third kappa shape index (κ3) is 6.90. The van der Waals surface area contributed by atoms with E-state index in [-0.39, 0.29) is 24.3 Å². The fourth-order valence-electron chi connectivity index (χ4n) is 2.36. The smallest absolute Gasteiger partial charge is 0.306 e. The molecule has 1 atom stereocenters. The summed E-state index contributed by atoms with van der Waals surface area (Å²) in [7, 11) is 1.39. The Morgan fingerprint density at radius 3 is 2.52 bits per heavy atom. The first-order chi connectivity index (χ1) is 12.4. The van der Waals surface area contributed by atoms with Gasteiger partial charge in [-0.05, 0) is 30.2 Å². The van der Waals surface area contributed by atoms with Gasteiger partial charge in [0.05, 0.1) is 13.5 Å². The van der Waals surface area contributed by atoms with Crippen LogP contribution >= 0.6 is 24.2 Å². The second-order valence-corrected chi connectivity index (χ2v) is 7.21. The maximum atomic E-state index is 12.6. The van der Waals surface area contributed by atoms with Crippen molar-refractivity contribution < 1.29 is 14.3 Å². The number of carbonyl (C=O) groups excluding carboxylic acids is 2. The number of benzene rings is 2. The van der Waals surface area contributed by atoms with Crippen LogP contribution in [0.1, 0.15) is 24.5 Å². The van der Waals surface area contributed by atoms with Crippen molar-refractivity contribution in [1.82, 2.24) is 0 Å². The largest absolute Gasteiger partial charge is 0.469 e. The summed E-state index contributed by atoms with van der Waals surface area (Å²) in [6.07, 6.45) is 0.389. The SMILES string of the molecule is COC(=O)CCSCc1cccc(NC(=O)C(C)(N)c2ccccc2)c1.Cl. The zero-order valence-corrected chi connectivity index (χ0v) is 17.1. The Labute approximate surface area is 170 Å². The van der Waals surface area contributed by atoms with Crippen LogP contribution in [-0.4, -0.2) is 24.7 Å². The van der Waals surface area contributed by atoms with Crippen LogP contribution in [0.2, 0.25) is 0 Å². The van der Waals surface area contributed by atoms with Crippen molar-refractivity contribution in [2.24, 2.45) is 5.73 Å². The summed E-state index contributed by atoms with van der Waals surface area (Å²) in [4.78, 5) is 23.7. The molecule has 0 aliphatic heterocycles. The fraction of sp³-hybridized carbons (Fsp3) is 0.300. The predicted molar refractivity (Wildman–Crippen MR) is 113 cm³/mol. The van der Waals surface area contributed by atoms with Crippen LogP contribution in [0.4, 0.5) is 5.69 Å². The first-order valence-electron chi connectivity index (χ1n) is 8.33. The lowest BCUT2D eigenvalue weighted by molar-refractivity contribution is -0.140. The van der Waals surface area contributed by atoms with E-state index in [1.807, 2.05) is 54.6 Å². The van der Waals surface area contributed by atoms with Gasteiger partial charge >= 0.3 is 5.97 Å². The van der Waals surface area contributed by atoms with Gasteiger partial charge in [-0.3, -0.25) is 9.59 Å². The molecule has 2 rings (SSSR count). The van der Waals surface area contributed by atoms with E-state index >= 15 is 0 Å². The number of anilines is 1. The molecule has 0 fully saturated rings. The van der Waals surface area contributed by atoms with E-state index in [1.54, 1.807) is 18.7 Å². The molecule has 0 aliphatic rings. The number of esters is 1. The van der Waals surface area contributed by atoms with Crippen LogP contribution in [0.3, 0.4) is 0 Å². The fourth-order valence-corrected chi connectivity index (χ4v) is 3.23. The number of halogens is 1. The van der Waals surface area contributed by atoms with Crippen LogP contribution in [0.15, 0.2) is 54.6 Å². The molecule has 0 spiro atoms. The maximum Gasteiger partial charge on any atom is 0.306 e. The summed E-state index contributed by atoms with van der Waals surface area (Å²) < 4.78 is 4.62. The average Bonchev–Trinajstić information content (AvgIpc) is 2.66. The van der Waals surface area contributed by atoms with Crippen molar-refractivity contribution in [3.63, 3.8) is 0 Å². The summed E-state index contributed by atoms with van der Waals surface area (Å²) in [5, 5.41) is 2.89. The van der Waals surface area contributed by atoms with Gasteiger partial charge < -0.3 is 15.8 Å². The van der Waals surface area contributed by atoms with Gasteiger partial charge in [-0.25, -0.2) is 0 Å². The van der Waals surface area contributed by atoms with E-state index in [1.165, 1.54) is 7.11 Å². The standard InChI is InChI=1S/C20H24N2O3S.ClH/c1-20(21,16-8-4-3-5-9-16)19(24)22-17-10-6-7-15(13-17)14-26-12-11-18(23)25-2;/h3-10,13H,11-12,14,21H2,1-2H3,(H,22,24);1H. The normalized spacial score (nSPS) is 12.4. The second-order valence-electron chi connectivity index (χ2n) is 6.10. The van der Waals surface area contributed by atoms with Crippen molar-refractivity contribution in [2.45, 2.75) is 24.6 Å². The molecule has 1 amide bonds. The molecule has 2 aromatic rings. The van der Waals surface area contributed by atoms with E-state index in [0.717, 1.165) is 16.9 Å². The molecule has 27 heavy (non-hydrogen) atoms. The Balaban J connectivity index is 0.00000364. The van der Waals surface area contributed by atoms with Crippen molar-refractivity contribution in [1.29, 1.82) is 0 Å². The highest BCUT2D eigenvalue weighted by atomic mass is 35.5. The number of amides is 1. The number of rotatable bonds is 8. The summed E-state index contributed by atoms with van der Waals surface area (Å²) in [6, 6.07) is 16.9. The highest BCUT2D eigenvalue weighted by Gasteiger charge is 2.30. The third-order valence-electron chi connectivity index (χ3n) is 3.98. The maximum absolute atomic E-state index is 12.6. The number of nitrogens with one attached hydrogen (secondary N) is 1. The van der Waals surface area contributed by atoms with Gasteiger partial charge in [0.2, 0.25) is 5.91 Å². The molecule has 5 nitrogen and oxygen atoms in total. The molecule has 0 saturated heterocycles. The summed E-state index contributed by atoms with van der Waals surface area (Å²) in [6.45, 7) is 1.70. The predicted octanol–water partition coefficient (Wildman–Crippen LogP) is 3.72. The number of nitrogens with two attached hydrogens (primary N) is 1. The molecule has 0 saturated carbocycles. The topological polar surface area (TPSA) is 81.4 Å². The number of carbonyl (C=O) groups is 2. The molecule has 0 bridgehead atoms. The molecule has 0 radical (unpaired) electrons.